The number of aliphatic imine (C=N–C) groups is 1. The van der Waals surface area contributed by atoms with Gasteiger partial charge in [-0.25, -0.2) is 4.39 Å². The number of hydrogen-bond donors (Lipinski definition) is 1. The van der Waals surface area contributed by atoms with Gasteiger partial charge < -0.3 is 10.2 Å². The van der Waals surface area contributed by atoms with Crippen LogP contribution in [0, 0.1) is 5.82 Å². The van der Waals surface area contributed by atoms with Crippen LogP contribution in [0.3, 0.4) is 0 Å². The van der Waals surface area contributed by atoms with Gasteiger partial charge in [-0.15, -0.1) is 0 Å². The fourth-order valence-electron chi connectivity index (χ4n) is 2.73. The normalized spacial score (nSPS) is 15.8. The van der Waals surface area contributed by atoms with Gasteiger partial charge in [0.25, 0.3) is 5.91 Å². The van der Waals surface area contributed by atoms with Crippen molar-refractivity contribution in [3.63, 3.8) is 0 Å². The molecule has 134 valence electrons. The van der Waals surface area contributed by atoms with E-state index in [4.69, 9.17) is 11.6 Å². The van der Waals surface area contributed by atoms with E-state index in [0.717, 1.165) is 0 Å². The third-order valence-corrected chi connectivity index (χ3v) is 4.34. The van der Waals surface area contributed by atoms with Crippen molar-refractivity contribution < 1.29 is 14.0 Å². The van der Waals surface area contributed by atoms with Crippen LogP contribution in [0.5, 0.6) is 0 Å². The van der Waals surface area contributed by atoms with E-state index in [9.17, 15) is 14.0 Å². The number of halogens is 2. The summed E-state index contributed by atoms with van der Waals surface area (Å²) in [6.07, 6.45) is 0. The van der Waals surface area contributed by atoms with E-state index in [1.165, 1.54) is 23.1 Å². The summed E-state index contributed by atoms with van der Waals surface area (Å²) in [5, 5.41) is 2.53. The van der Waals surface area contributed by atoms with E-state index >= 15 is 0 Å². The van der Waals surface area contributed by atoms with Crippen molar-refractivity contribution in [1.82, 2.24) is 4.90 Å². The number of anilines is 1. The maximum atomic E-state index is 13.2. The van der Waals surface area contributed by atoms with Gasteiger partial charge in [-0.1, -0.05) is 41.9 Å². The van der Waals surface area contributed by atoms with Gasteiger partial charge >= 0.3 is 0 Å². The number of benzene rings is 2. The first-order valence-electron chi connectivity index (χ1n) is 8.00. The van der Waals surface area contributed by atoms with Gasteiger partial charge in [0, 0.05) is 11.3 Å². The number of carbonyl (C=O) groups excluding carboxylic acids is 2. The quantitative estimate of drug-likeness (QED) is 0.891. The molecule has 0 spiro atoms. The fraction of sp³-hybridized carbons (Fsp3) is 0.211. The van der Waals surface area contributed by atoms with E-state index in [2.05, 4.69) is 10.3 Å². The summed E-state index contributed by atoms with van der Waals surface area (Å²) in [6, 6.07) is 13.0. The van der Waals surface area contributed by atoms with Crippen molar-refractivity contribution in [2.75, 3.05) is 11.9 Å². The topological polar surface area (TPSA) is 61.8 Å². The fourth-order valence-corrected chi connectivity index (χ4v) is 2.91. The molecule has 2 amide bonds. The first-order chi connectivity index (χ1) is 12.3. The number of hydrogen-bond acceptors (Lipinski definition) is 3. The highest BCUT2D eigenvalue weighted by Gasteiger charge is 2.41. The maximum absolute atomic E-state index is 13.2. The molecule has 0 radical (unpaired) electrons. The zero-order valence-electron chi connectivity index (χ0n) is 14.3. The number of amides is 2. The third kappa shape index (κ3) is 3.60. The Hall–Kier alpha value is -2.73. The largest absolute Gasteiger partial charge is 0.324 e. The van der Waals surface area contributed by atoms with Crippen LogP contribution >= 0.6 is 11.6 Å². The Morgan fingerprint density at radius 1 is 1.23 bits per heavy atom. The van der Waals surface area contributed by atoms with Crippen LogP contribution in [0.4, 0.5) is 10.1 Å². The highest BCUT2D eigenvalue weighted by Crippen LogP contribution is 2.26. The molecule has 1 heterocycles. The van der Waals surface area contributed by atoms with Crippen molar-refractivity contribution in [2.45, 2.75) is 19.5 Å². The van der Waals surface area contributed by atoms with Crippen molar-refractivity contribution in [3.05, 3.63) is 64.9 Å². The Labute approximate surface area is 155 Å². The minimum atomic E-state index is -0.847. The lowest BCUT2D eigenvalue weighted by Gasteiger charge is -2.28. The van der Waals surface area contributed by atoms with Gasteiger partial charge in [0.05, 0.1) is 5.02 Å². The van der Waals surface area contributed by atoms with Gasteiger partial charge in [-0.05, 0) is 32.0 Å². The molecule has 7 heteroatoms. The summed E-state index contributed by atoms with van der Waals surface area (Å²) in [5.41, 5.74) is 0.544. The van der Waals surface area contributed by atoms with Crippen LogP contribution < -0.4 is 5.32 Å². The molecule has 3 rings (SSSR count). The van der Waals surface area contributed by atoms with E-state index in [1.807, 2.05) is 18.2 Å². The lowest BCUT2D eigenvalue weighted by molar-refractivity contribution is -0.131. The van der Waals surface area contributed by atoms with Gasteiger partial charge in [-0.3, -0.25) is 14.6 Å². The molecule has 5 nitrogen and oxygen atoms in total. The van der Waals surface area contributed by atoms with Crippen LogP contribution in [0.25, 0.3) is 0 Å². The number of rotatable bonds is 4. The van der Waals surface area contributed by atoms with E-state index in [0.29, 0.717) is 17.0 Å². The van der Waals surface area contributed by atoms with Crippen LogP contribution in [0.2, 0.25) is 5.02 Å². The minimum Gasteiger partial charge on any atom is -0.324 e. The Balaban J connectivity index is 1.74. The lowest BCUT2D eigenvalue weighted by Crippen LogP contribution is -2.46. The Bertz CT molecular complexity index is 897. The standard InChI is InChI=1S/C19H17ClFN3O2/c1-19(2)23-17(12-6-4-3-5-7-12)18(26)24(19)11-16(25)22-13-8-9-15(21)14(20)10-13/h3-10H,11H2,1-2H3,(H,22,25). The van der Waals surface area contributed by atoms with Crippen LogP contribution in [0.15, 0.2) is 53.5 Å². The average Bonchev–Trinajstić information content (AvgIpc) is 2.82. The summed E-state index contributed by atoms with van der Waals surface area (Å²) in [5.74, 6) is -1.30. The molecule has 0 aromatic heterocycles. The Morgan fingerprint density at radius 2 is 1.92 bits per heavy atom. The summed E-state index contributed by atoms with van der Waals surface area (Å²) >= 11 is 5.71. The number of nitrogens with zero attached hydrogens (tertiary/aromatic N) is 2. The molecule has 0 atom stereocenters. The molecule has 26 heavy (non-hydrogen) atoms. The van der Waals surface area contributed by atoms with Gasteiger partial charge in [0.15, 0.2) is 0 Å². The smallest absolute Gasteiger partial charge is 0.275 e. The number of nitrogens with one attached hydrogen (secondary N) is 1. The van der Waals surface area contributed by atoms with Crippen LogP contribution in [-0.4, -0.2) is 34.6 Å². The second-order valence-electron chi connectivity index (χ2n) is 6.39. The number of carbonyl (C=O) groups is 2. The third-order valence-electron chi connectivity index (χ3n) is 4.05. The second-order valence-corrected chi connectivity index (χ2v) is 6.80. The summed E-state index contributed by atoms with van der Waals surface area (Å²) in [4.78, 5) is 31.0. The van der Waals surface area contributed by atoms with E-state index in [1.54, 1.807) is 26.0 Å². The molecule has 0 fully saturated rings. The van der Waals surface area contributed by atoms with E-state index in [-0.39, 0.29) is 17.5 Å². The Kier molecular flexibility index (Phi) is 4.78. The Morgan fingerprint density at radius 3 is 2.58 bits per heavy atom. The van der Waals surface area contributed by atoms with Crippen LogP contribution in [-0.2, 0) is 9.59 Å². The first kappa shape index (κ1) is 18.1. The van der Waals surface area contributed by atoms with Crippen molar-refractivity contribution in [3.8, 4) is 0 Å². The maximum Gasteiger partial charge on any atom is 0.275 e. The highest BCUT2D eigenvalue weighted by molar-refractivity contribution is 6.47. The SMILES string of the molecule is CC1(C)N=C(c2ccccc2)C(=O)N1CC(=O)Nc1ccc(F)c(Cl)c1. The average molecular weight is 374 g/mol. The lowest BCUT2D eigenvalue weighted by atomic mass is 10.1. The summed E-state index contributed by atoms with van der Waals surface area (Å²) < 4.78 is 13.2. The monoisotopic (exact) mass is 373 g/mol. The van der Waals surface area contributed by atoms with Gasteiger partial charge in [0.2, 0.25) is 5.91 Å². The van der Waals surface area contributed by atoms with E-state index < -0.39 is 17.4 Å². The van der Waals surface area contributed by atoms with Gasteiger partial charge in [0.1, 0.15) is 23.7 Å². The molecule has 1 aliphatic heterocycles. The molecule has 0 aliphatic carbocycles. The minimum absolute atomic E-state index is 0.0879. The summed E-state index contributed by atoms with van der Waals surface area (Å²) in [6.45, 7) is 3.35. The molecule has 2 aromatic carbocycles. The van der Waals surface area contributed by atoms with Gasteiger partial charge in [-0.2, -0.15) is 0 Å². The molecule has 1 aliphatic rings. The predicted octanol–water partition coefficient (Wildman–Crippen LogP) is 3.49. The zero-order chi connectivity index (χ0) is 18.9. The molecule has 1 N–H and O–H groups in total. The highest BCUT2D eigenvalue weighted by atomic mass is 35.5. The molecular formula is C19H17ClFN3O2. The predicted molar refractivity (Wildman–Crippen MR) is 98.8 cm³/mol. The van der Waals surface area contributed by atoms with Crippen molar-refractivity contribution in [2.24, 2.45) is 4.99 Å². The van der Waals surface area contributed by atoms with Crippen LogP contribution in [0.1, 0.15) is 19.4 Å². The molecule has 0 bridgehead atoms. The first-order valence-corrected chi connectivity index (χ1v) is 8.38. The molecule has 0 saturated heterocycles. The zero-order valence-corrected chi connectivity index (χ0v) is 15.0. The molecule has 0 saturated carbocycles. The molecular weight excluding hydrogens is 357 g/mol. The summed E-state index contributed by atoms with van der Waals surface area (Å²) in [7, 11) is 0. The van der Waals surface area contributed by atoms with Crippen molar-refractivity contribution in [1.29, 1.82) is 0 Å². The molecule has 2 aromatic rings. The van der Waals surface area contributed by atoms with Crippen molar-refractivity contribution >= 4 is 34.8 Å². The second kappa shape index (κ2) is 6.88. The molecule has 0 unspecified atom stereocenters.